The van der Waals surface area contributed by atoms with Crippen molar-refractivity contribution in [3.8, 4) is 16.9 Å². The molecular formula is C19H16N2O4S. The van der Waals surface area contributed by atoms with Crippen molar-refractivity contribution in [1.82, 2.24) is 4.98 Å². The van der Waals surface area contributed by atoms with Gasteiger partial charge in [0, 0.05) is 22.8 Å². The number of nitrogens with zero attached hydrogens (tertiary/aromatic N) is 1. The molecule has 0 atom stereocenters. The Labute approximate surface area is 154 Å². The zero-order chi connectivity index (χ0) is 18.5. The lowest BCUT2D eigenvalue weighted by Gasteiger charge is -2.08. The van der Waals surface area contributed by atoms with E-state index in [4.69, 9.17) is 9.47 Å². The van der Waals surface area contributed by atoms with Crippen molar-refractivity contribution in [2.75, 3.05) is 19.5 Å². The molecule has 3 rings (SSSR count). The van der Waals surface area contributed by atoms with Gasteiger partial charge >= 0.3 is 5.97 Å². The maximum atomic E-state index is 12.1. The Hall–Kier alpha value is -3.19. The van der Waals surface area contributed by atoms with E-state index in [1.54, 1.807) is 36.5 Å². The Bertz CT molecular complexity index is 920. The molecule has 0 aliphatic heterocycles. The fourth-order valence-electron chi connectivity index (χ4n) is 2.41. The number of ether oxygens (including phenoxy) is 2. The van der Waals surface area contributed by atoms with Gasteiger partial charge in [0.1, 0.15) is 5.69 Å². The number of hydrogen-bond acceptors (Lipinski definition) is 6. The summed E-state index contributed by atoms with van der Waals surface area (Å²) in [5.74, 6) is -0.232. The van der Waals surface area contributed by atoms with Gasteiger partial charge in [0.15, 0.2) is 10.6 Å². The van der Waals surface area contributed by atoms with Gasteiger partial charge in [0.2, 0.25) is 0 Å². The number of carbonyl (C=O) groups excluding carboxylic acids is 2. The largest absolute Gasteiger partial charge is 0.494 e. The highest BCUT2D eigenvalue weighted by Gasteiger charge is 2.20. The summed E-state index contributed by atoms with van der Waals surface area (Å²) >= 11 is 1.26. The van der Waals surface area contributed by atoms with Crippen LogP contribution in [0.5, 0.6) is 5.75 Å². The van der Waals surface area contributed by atoms with Gasteiger partial charge in [-0.3, -0.25) is 9.78 Å². The summed E-state index contributed by atoms with van der Waals surface area (Å²) in [7, 11) is 2.85. The molecule has 0 aliphatic rings. The molecule has 0 fully saturated rings. The topological polar surface area (TPSA) is 77.5 Å². The van der Waals surface area contributed by atoms with E-state index in [9.17, 15) is 9.59 Å². The highest BCUT2D eigenvalue weighted by molar-refractivity contribution is 7.12. The smallest absolute Gasteiger partial charge is 0.351 e. The van der Waals surface area contributed by atoms with Gasteiger partial charge < -0.3 is 14.8 Å². The highest BCUT2D eigenvalue weighted by Crippen LogP contribution is 2.38. The number of carbonyl (C=O) groups is 2. The molecule has 7 heteroatoms. The van der Waals surface area contributed by atoms with Crippen LogP contribution in [0.1, 0.15) is 20.2 Å². The summed E-state index contributed by atoms with van der Waals surface area (Å²) in [4.78, 5) is 28.4. The van der Waals surface area contributed by atoms with Crippen LogP contribution in [0.2, 0.25) is 0 Å². The molecule has 2 aromatic heterocycles. The number of thiophene rings is 1. The van der Waals surface area contributed by atoms with Gasteiger partial charge in [0.25, 0.3) is 5.91 Å². The minimum atomic E-state index is -0.433. The first-order valence-electron chi connectivity index (χ1n) is 7.70. The van der Waals surface area contributed by atoms with E-state index in [0.717, 1.165) is 11.1 Å². The third-order valence-electron chi connectivity index (χ3n) is 3.67. The number of hydrogen-bond donors (Lipinski definition) is 1. The number of pyridine rings is 1. The molecule has 6 nitrogen and oxygen atoms in total. The van der Waals surface area contributed by atoms with E-state index in [1.165, 1.54) is 25.6 Å². The van der Waals surface area contributed by atoms with Crippen LogP contribution in [0.4, 0.5) is 5.69 Å². The lowest BCUT2D eigenvalue weighted by atomic mass is 10.1. The quantitative estimate of drug-likeness (QED) is 0.692. The van der Waals surface area contributed by atoms with Gasteiger partial charge in [-0.1, -0.05) is 18.2 Å². The first-order valence-corrected chi connectivity index (χ1v) is 8.58. The van der Waals surface area contributed by atoms with Crippen LogP contribution in [0.15, 0.2) is 54.0 Å². The van der Waals surface area contributed by atoms with E-state index in [2.05, 4.69) is 10.3 Å². The Morgan fingerprint density at radius 3 is 2.46 bits per heavy atom. The number of rotatable bonds is 5. The standard InChI is InChI=1S/C19H16N2O4S/c1-24-16-14(11-26-17(16)19(23)25-2)12-6-8-13(9-7-12)21-18(22)15-5-3-4-10-20-15/h3-11H,1-2H3,(H,21,22). The zero-order valence-corrected chi connectivity index (χ0v) is 15.0. The van der Waals surface area contributed by atoms with Crippen molar-refractivity contribution in [3.05, 3.63) is 64.6 Å². The van der Waals surface area contributed by atoms with E-state index in [0.29, 0.717) is 22.0 Å². The summed E-state index contributed by atoms with van der Waals surface area (Å²) < 4.78 is 10.1. The van der Waals surface area contributed by atoms with E-state index < -0.39 is 5.97 Å². The van der Waals surface area contributed by atoms with Crippen molar-refractivity contribution in [2.45, 2.75) is 0 Å². The average Bonchev–Trinajstić information content (AvgIpc) is 3.12. The molecule has 3 aromatic rings. The Balaban J connectivity index is 1.81. The number of anilines is 1. The van der Waals surface area contributed by atoms with Crippen molar-refractivity contribution in [3.63, 3.8) is 0 Å². The molecule has 1 N–H and O–H groups in total. The number of benzene rings is 1. The zero-order valence-electron chi connectivity index (χ0n) is 14.2. The van der Waals surface area contributed by atoms with Crippen molar-refractivity contribution in [1.29, 1.82) is 0 Å². The minimum Gasteiger partial charge on any atom is -0.494 e. The van der Waals surface area contributed by atoms with Crippen molar-refractivity contribution in [2.24, 2.45) is 0 Å². The summed E-state index contributed by atoms with van der Waals surface area (Å²) in [6.07, 6.45) is 1.57. The Morgan fingerprint density at radius 2 is 1.85 bits per heavy atom. The normalized spacial score (nSPS) is 10.2. The van der Waals surface area contributed by atoms with Crippen LogP contribution in [0.3, 0.4) is 0 Å². The minimum absolute atomic E-state index is 0.278. The molecule has 0 saturated heterocycles. The van der Waals surface area contributed by atoms with Crippen LogP contribution >= 0.6 is 11.3 Å². The van der Waals surface area contributed by atoms with Crippen molar-refractivity contribution >= 4 is 28.9 Å². The Kier molecular flexibility index (Phi) is 5.28. The first kappa shape index (κ1) is 17.6. The monoisotopic (exact) mass is 368 g/mol. The van der Waals surface area contributed by atoms with Gasteiger partial charge in [-0.25, -0.2) is 4.79 Å². The molecule has 0 aliphatic carbocycles. The summed E-state index contributed by atoms with van der Waals surface area (Å²) in [6.45, 7) is 0. The molecule has 0 unspecified atom stereocenters. The van der Waals surface area contributed by atoms with Gasteiger partial charge in [-0.05, 0) is 29.8 Å². The van der Waals surface area contributed by atoms with Gasteiger partial charge in [-0.15, -0.1) is 11.3 Å². The lowest BCUT2D eigenvalue weighted by Crippen LogP contribution is -2.13. The van der Waals surface area contributed by atoms with Crippen LogP contribution < -0.4 is 10.1 Å². The third kappa shape index (κ3) is 3.57. The number of esters is 1. The van der Waals surface area contributed by atoms with Gasteiger partial charge in [-0.2, -0.15) is 0 Å². The first-order chi connectivity index (χ1) is 12.6. The van der Waals surface area contributed by atoms with E-state index >= 15 is 0 Å². The fourth-order valence-corrected chi connectivity index (χ4v) is 3.37. The maximum Gasteiger partial charge on any atom is 0.351 e. The summed E-state index contributed by atoms with van der Waals surface area (Å²) in [6, 6.07) is 12.4. The predicted octanol–water partition coefficient (Wildman–Crippen LogP) is 3.86. The number of amides is 1. The molecular weight excluding hydrogens is 352 g/mol. The fraction of sp³-hybridized carbons (Fsp3) is 0.105. The number of nitrogens with one attached hydrogen (secondary N) is 1. The molecule has 1 aromatic carbocycles. The van der Waals surface area contributed by atoms with Crippen LogP contribution in [0.25, 0.3) is 11.1 Å². The summed E-state index contributed by atoms with van der Waals surface area (Å²) in [5.41, 5.74) is 2.65. The molecule has 0 saturated carbocycles. The lowest BCUT2D eigenvalue weighted by molar-refractivity contribution is 0.0603. The summed E-state index contributed by atoms with van der Waals surface area (Å²) in [5, 5.41) is 4.63. The highest BCUT2D eigenvalue weighted by atomic mass is 32.1. The average molecular weight is 368 g/mol. The molecule has 0 bridgehead atoms. The van der Waals surface area contributed by atoms with Crippen LogP contribution in [0, 0.1) is 0 Å². The van der Waals surface area contributed by atoms with Crippen LogP contribution in [-0.2, 0) is 4.74 Å². The third-order valence-corrected chi connectivity index (χ3v) is 4.61. The second-order valence-electron chi connectivity index (χ2n) is 5.25. The predicted molar refractivity (Wildman–Crippen MR) is 99.8 cm³/mol. The number of aromatic nitrogens is 1. The SMILES string of the molecule is COC(=O)c1scc(-c2ccc(NC(=O)c3ccccn3)cc2)c1OC. The molecule has 0 spiro atoms. The van der Waals surface area contributed by atoms with E-state index in [1.807, 2.05) is 17.5 Å². The van der Waals surface area contributed by atoms with E-state index in [-0.39, 0.29) is 5.91 Å². The number of methoxy groups -OCH3 is 2. The molecule has 0 radical (unpaired) electrons. The molecule has 1 amide bonds. The van der Waals surface area contributed by atoms with Gasteiger partial charge in [0.05, 0.1) is 14.2 Å². The van der Waals surface area contributed by atoms with Crippen molar-refractivity contribution < 1.29 is 19.1 Å². The maximum absolute atomic E-state index is 12.1. The molecule has 2 heterocycles. The Morgan fingerprint density at radius 1 is 1.08 bits per heavy atom. The van der Waals surface area contributed by atoms with Crippen LogP contribution in [-0.4, -0.2) is 31.1 Å². The second-order valence-corrected chi connectivity index (χ2v) is 6.13. The molecule has 26 heavy (non-hydrogen) atoms. The second kappa shape index (κ2) is 7.79. The molecule has 132 valence electrons.